The quantitative estimate of drug-likeness (QED) is 0.155. The fraction of sp³-hybridized carbons (Fsp3) is 0.714. The number of rotatable bonds is 6. The van der Waals surface area contributed by atoms with Gasteiger partial charge in [-0.15, -0.1) is 0 Å². The van der Waals surface area contributed by atoms with Crippen molar-refractivity contribution in [2.24, 2.45) is 21.7 Å². The van der Waals surface area contributed by atoms with Crippen LogP contribution in [0, 0.1) is 33.5 Å². The van der Waals surface area contributed by atoms with E-state index in [9.17, 15) is 27.6 Å². The molecule has 0 aromatic heterocycles. The van der Waals surface area contributed by atoms with Crippen molar-refractivity contribution < 1.29 is 27.6 Å². The Morgan fingerprint density at radius 1 is 0.673 bits per heavy atom. The molecule has 6 nitrogen and oxygen atoms in total. The Morgan fingerprint density at radius 3 is 1.20 bits per heavy atom. The van der Waals surface area contributed by atoms with Crippen LogP contribution >= 0.6 is 0 Å². The van der Waals surface area contributed by atoms with E-state index in [1.165, 1.54) is 0 Å². The van der Waals surface area contributed by atoms with E-state index in [4.69, 9.17) is 0 Å². The third-order valence-corrected chi connectivity index (χ3v) is 9.19. The Hall–Kier alpha value is -2.59. The lowest BCUT2D eigenvalue weighted by atomic mass is 9.85. The van der Waals surface area contributed by atoms with Crippen molar-refractivity contribution in [3.8, 4) is 11.8 Å². The summed E-state index contributed by atoms with van der Waals surface area (Å²) in [7, 11) is -3.00. The second kappa shape index (κ2) is 24.5. The number of sulfone groups is 1. The topological polar surface area (TPSA) is 102 Å². The van der Waals surface area contributed by atoms with Gasteiger partial charge in [0.1, 0.15) is 5.78 Å². The van der Waals surface area contributed by atoms with Gasteiger partial charge in [-0.25, -0.2) is 8.42 Å². The maximum Gasteiger partial charge on any atom is 0.210 e. The Bertz CT molecular complexity index is 1300. The maximum atomic E-state index is 11.5. The van der Waals surface area contributed by atoms with Crippen LogP contribution in [-0.4, -0.2) is 36.8 Å². The second-order valence-electron chi connectivity index (χ2n) is 17.1. The van der Waals surface area contributed by atoms with Crippen molar-refractivity contribution in [3.05, 3.63) is 33.8 Å². The van der Waals surface area contributed by atoms with E-state index in [0.29, 0.717) is 22.5 Å². The number of hydrogen-bond donors (Lipinski definition) is 0. The second-order valence-corrected chi connectivity index (χ2v) is 19.8. The van der Waals surface area contributed by atoms with Gasteiger partial charge in [0.25, 0.3) is 0 Å². The number of carbonyl (C=O) groups is 4. The first kappa shape index (κ1) is 55.8. The van der Waals surface area contributed by atoms with Crippen LogP contribution in [0.5, 0.6) is 0 Å². The van der Waals surface area contributed by atoms with Gasteiger partial charge in [-0.3, -0.25) is 19.2 Å². The highest BCUT2D eigenvalue weighted by Crippen LogP contribution is 2.21. The first-order valence-electron chi connectivity index (χ1n) is 17.2. The molecule has 0 N–H and O–H groups in total. The van der Waals surface area contributed by atoms with E-state index in [1.807, 2.05) is 110 Å². The highest BCUT2D eigenvalue weighted by molar-refractivity contribution is 7.95. The van der Waals surface area contributed by atoms with Crippen LogP contribution in [0.1, 0.15) is 172 Å². The molecule has 0 spiro atoms. The Balaban J connectivity index is -0.000000165. The van der Waals surface area contributed by atoms with E-state index in [2.05, 4.69) is 32.6 Å². The van der Waals surface area contributed by atoms with Crippen molar-refractivity contribution >= 4 is 33.0 Å². The van der Waals surface area contributed by atoms with E-state index in [1.54, 1.807) is 40.7 Å². The Labute approximate surface area is 304 Å². The van der Waals surface area contributed by atoms with Crippen LogP contribution in [-0.2, 0) is 29.0 Å². The Kier molecular flexibility index (Phi) is 28.0. The molecule has 0 unspecified atom stereocenters. The molecule has 0 fully saturated rings. The van der Waals surface area contributed by atoms with Crippen LogP contribution in [0.4, 0.5) is 0 Å². The van der Waals surface area contributed by atoms with Gasteiger partial charge in [0.15, 0.2) is 21.4 Å². The standard InChI is InChI=1S/C10H18O.C9H16O.C8H16O2S.C8H12O.C7H14O/c1-7(2)8(3)9(11)10(4,5)6;1-8(10)6-5-7-9(2,3)4;1-6(2)8(5)11(9,10)7(3)4;1-5-6-7(9)8(2,3)4;1-5-6(8)7(2,3)4/h1-6H3;5-6H,7H2,1-4H3;7H,1-5H3;1-4H3;5H2,1-4H3/b;6-5+;;;. The molecule has 286 valence electrons. The summed E-state index contributed by atoms with van der Waals surface area (Å²) in [6, 6.07) is 0. The largest absolute Gasteiger partial charge is 0.299 e. The molecule has 0 saturated carbocycles. The number of hydrogen-bond acceptors (Lipinski definition) is 6. The zero-order valence-corrected chi connectivity index (χ0v) is 36.8. The molecular weight excluding hydrogens is 633 g/mol. The van der Waals surface area contributed by atoms with Gasteiger partial charge in [-0.05, 0) is 98.6 Å². The van der Waals surface area contributed by atoms with Crippen LogP contribution < -0.4 is 0 Å². The molecule has 0 aliphatic heterocycles. The lowest BCUT2D eigenvalue weighted by molar-refractivity contribution is -0.126. The predicted molar refractivity (Wildman–Crippen MR) is 213 cm³/mol. The minimum atomic E-state index is -3.00. The monoisotopic (exact) mass is 709 g/mol. The third kappa shape index (κ3) is 32.4. The lowest BCUT2D eigenvalue weighted by Crippen LogP contribution is -2.21. The highest BCUT2D eigenvalue weighted by Gasteiger charge is 2.23. The average molecular weight is 709 g/mol. The number of ketones is 4. The minimum Gasteiger partial charge on any atom is -0.299 e. The van der Waals surface area contributed by atoms with Gasteiger partial charge in [-0.2, -0.15) is 0 Å². The van der Waals surface area contributed by atoms with E-state index in [-0.39, 0.29) is 38.8 Å². The average Bonchev–Trinajstić information content (AvgIpc) is 2.90. The molecule has 0 heterocycles. The Morgan fingerprint density at radius 2 is 1.08 bits per heavy atom. The fourth-order valence-electron chi connectivity index (χ4n) is 2.84. The smallest absolute Gasteiger partial charge is 0.210 e. The summed E-state index contributed by atoms with van der Waals surface area (Å²) in [6.07, 6.45) is 5.18. The van der Waals surface area contributed by atoms with E-state index in [0.717, 1.165) is 23.1 Å². The summed E-state index contributed by atoms with van der Waals surface area (Å²) in [5.74, 6) is 5.78. The molecule has 0 radical (unpaired) electrons. The van der Waals surface area contributed by atoms with Crippen LogP contribution in [0.3, 0.4) is 0 Å². The van der Waals surface area contributed by atoms with E-state index >= 15 is 0 Å². The van der Waals surface area contributed by atoms with Crippen LogP contribution in [0.2, 0.25) is 0 Å². The van der Waals surface area contributed by atoms with Gasteiger partial charge in [0.2, 0.25) is 5.78 Å². The van der Waals surface area contributed by atoms with Crippen molar-refractivity contribution in [3.63, 3.8) is 0 Å². The lowest BCUT2D eigenvalue weighted by Gasteiger charge is -2.17. The summed E-state index contributed by atoms with van der Waals surface area (Å²) >= 11 is 0. The first-order chi connectivity index (χ1) is 21.4. The maximum absolute atomic E-state index is 11.5. The number of Topliss-reactive ketones (excluding diaryl/α,β-unsaturated/α-hetero) is 3. The molecule has 0 aromatic rings. The molecule has 0 aromatic carbocycles. The summed E-state index contributed by atoms with van der Waals surface area (Å²) in [5.41, 5.74) is 2.52. The normalized spacial score (nSPS) is 11.3. The van der Waals surface area contributed by atoms with Crippen molar-refractivity contribution in [2.75, 3.05) is 0 Å². The SMILES string of the molecule is CC#CC(=O)C(C)(C)C.CC(=O)/C=C/CC(C)(C)C.CC(C)=C(C)C(=O)C(C)(C)C.CC(C)=C(C)S(=O)(=O)C(C)C.CCC(=O)C(C)(C)C. The molecule has 0 aliphatic rings. The predicted octanol–water partition coefficient (Wildman–Crippen LogP) is 11.3. The zero-order valence-electron chi connectivity index (χ0n) is 36.0. The number of allylic oxidation sites excluding steroid dienone is 6. The van der Waals surface area contributed by atoms with Crippen molar-refractivity contribution in [2.45, 2.75) is 177 Å². The molecular formula is C42H76O6S. The first-order valence-corrected chi connectivity index (χ1v) is 18.7. The van der Waals surface area contributed by atoms with Gasteiger partial charge in [0, 0.05) is 27.6 Å². The molecule has 0 aliphatic carbocycles. The van der Waals surface area contributed by atoms with Crippen LogP contribution in [0.25, 0.3) is 0 Å². The summed E-state index contributed by atoms with van der Waals surface area (Å²) in [5, 5.41) is -0.308. The molecule has 0 rings (SSSR count). The van der Waals surface area contributed by atoms with Crippen molar-refractivity contribution in [1.82, 2.24) is 0 Å². The molecule has 0 bridgehead atoms. The molecule has 7 heteroatoms. The molecule has 49 heavy (non-hydrogen) atoms. The summed E-state index contributed by atoms with van der Waals surface area (Å²) < 4.78 is 22.8. The molecule has 0 saturated heterocycles. The van der Waals surface area contributed by atoms with Gasteiger partial charge in [0.05, 0.1) is 5.25 Å². The van der Waals surface area contributed by atoms with Crippen molar-refractivity contribution in [1.29, 1.82) is 0 Å². The van der Waals surface area contributed by atoms with E-state index < -0.39 is 9.84 Å². The summed E-state index contributed by atoms with van der Waals surface area (Å²) in [6.45, 7) is 43.4. The van der Waals surface area contributed by atoms with Gasteiger partial charge < -0.3 is 0 Å². The number of carbonyl (C=O) groups excluding carboxylic acids is 4. The third-order valence-electron chi connectivity index (χ3n) is 6.68. The van der Waals surface area contributed by atoms with Gasteiger partial charge >= 0.3 is 0 Å². The van der Waals surface area contributed by atoms with Gasteiger partial charge in [-0.1, -0.05) is 113 Å². The molecule has 0 atom stereocenters. The molecule has 0 amide bonds. The minimum absolute atomic E-state index is 0.00463. The van der Waals surface area contributed by atoms with Crippen LogP contribution in [0.15, 0.2) is 33.8 Å². The fourth-order valence-corrected chi connectivity index (χ4v) is 4.11. The zero-order chi connectivity index (χ0) is 40.9. The highest BCUT2D eigenvalue weighted by atomic mass is 32.2. The summed E-state index contributed by atoms with van der Waals surface area (Å²) in [4.78, 5) is 44.2.